The van der Waals surface area contributed by atoms with E-state index in [0.29, 0.717) is 30.2 Å². The SMILES string of the molecule is COCC(C)(CCC(=O)N(C)[C@@H](C)C(=O)O[C@H]1CC(=O)N(C)c2cc(cc(C)c2Cl)C/C(C)=C/C=C/[C@@H](C)[C@@]2(O)C[C@H](OC(=O)N2)[C@@H](C)[C@@H]2O[C@@]12C)SSC. The smallest absolute Gasteiger partial charge is 0.409 e. The van der Waals surface area contributed by atoms with Crippen LogP contribution in [-0.2, 0) is 39.8 Å². The molecule has 4 bridgehead atoms. The summed E-state index contributed by atoms with van der Waals surface area (Å²) in [5.41, 5.74) is 0.504. The van der Waals surface area contributed by atoms with Gasteiger partial charge < -0.3 is 33.9 Å². The van der Waals surface area contributed by atoms with Gasteiger partial charge in [-0.2, -0.15) is 0 Å². The van der Waals surface area contributed by atoms with Crippen molar-refractivity contribution in [2.45, 2.75) is 121 Å². The lowest BCUT2D eigenvalue weighted by molar-refractivity contribution is -0.162. The highest BCUT2D eigenvalue weighted by Gasteiger charge is 2.64. The molecular formula is C40H58ClN3O9S2. The lowest BCUT2D eigenvalue weighted by Crippen LogP contribution is -2.60. The number of hydrogen-bond acceptors (Lipinski definition) is 11. The van der Waals surface area contributed by atoms with Gasteiger partial charge in [0.05, 0.1) is 29.8 Å². The van der Waals surface area contributed by atoms with E-state index in [9.17, 15) is 24.3 Å². The summed E-state index contributed by atoms with van der Waals surface area (Å²) >= 11 is 6.80. The van der Waals surface area contributed by atoms with Crippen LogP contribution >= 0.6 is 33.2 Å². The van der Waals surface area contributed by atoms with Gasteiger partial charge in [0.15, 0.2) is 0 Å². The number of aryl methyl sites for hydroxylation is 1. The monoisotopic (exact) mass is 823 g/mol. The minimum Gasteiger partial charge on any atom is -0.457 e. The average Bonchev–Trinajstić information content (AvgIpc) is 3.81. The molecule has 1 aromatic rings. The second-order valence-corrected chi connectivity index (χ2v) is 19.1. The van der Waals surface area contributed by atoms with Gasteiger partial charge in [-0.15, -0.1) is 0 Å². The van der Waals surface area contributed by atoms with E-state index >= 15 is 0 Å². The summed E-state index contributed by atoms with van der Waals surface area (Å²) in [6, 6.07) is 2.88. The number of allylic oxidation sites excluding steroid dienone is 3. The highest BCUT2D eigenvalue weighted by atomic mass is 35.5. The van der Waals surface area contributed by atoms with Crippen LogP contribution in [0.4, 0.5) is 10.5 Å². The summed E-state index contributed by atoms with van der Waals surface area (Å²) in [6.07, 6.45) is 5.52. The number of aliphatic hydroxyl groups is 1. The number of alkyl carbamates (subject to hydrolysis) is 1. The highest BCUT2D eigenvalue weighted by molar-refractivity contribution is 8.77. The Morgan fingerprint density at radius 1 is 1.25 bits per heavy atom. The topological polar surface area (TPSA) is 147 Å². The van der Waals surface area contributed by atoms with E-state index in [0.717, 1.165) is 16.7 Å². The van der Waals surface area contributed by atoms with Crippen LogP contribution in [0.25, 0.3) is 0 Å². The van der Waals surface area contributed by atoms with Crippen LogP contribution in [0.2, 0.25) is 5.02 Å². The molecule has 2 N–H and O–H groups in total. The maximum absolute atomic E-state index is 14.2. The van der Waals surface area contributed by atoms with E-state index in [1.165, 1.54) is 9.80 Å². The van der Waals surface area contributed by atoms with Gasteiger partial charge in [-0.05, 0) is 70.9 Å². The van der Waals surface area contributed by atoms with Crippen molar-refractivity contribution in [3.8, 4) is 0 Å². The van der Waals surface area contributed by atoms with E-state index in [-0.39, 0.29) is 35.8 Å². The van der Waals surface area contributed by atoms with E-state index in [2.05, 4.69) is 5.32 Å². The van der Waals surface area contributed by atoms with E-state index in [1.807, 2.05) is 71.2 Å². The van der Waals surface area contributed by atoms with Crippen LogP contribution in [0, 0.1) is 18.8 Å². The summed E-state index contributed by atoms with van der Waals surface area (Å²) in [5, 5.41) is 14.7. The first kappa shape index (κ1) is 45.0. The molecule has 15 heteroatoms. The number of benzene rings is 1. The first-order valence-corrected chi connectivity index (χ1v) is 21.6. The normalized spacial score (nSPS) is 31.8. The predicted molar refractivity (Wildman–Crippen MR) is 218 cm³/mol. The van der Waals surface area contributed by atoms with E-state index in [4.69, 9.17) is 30.5 Å². The van der Waals surface area contributed by atoms with Crippen LogP contribution in [0.5, 0.6) is 0 Å². The Labute approximate surface area is 338 Å². The van der Waals surface area contributed by atoms with Crippen molar-refractivity contribution in [3.63, 3.8) is 0 Å². The molecule has 0 radical (unpaired) electrons. The third-order valence-corrected chi connectivity index (χ3v) is 14.4. The number of nitrogens with zero attached hydrogens (tertiary/aromatic N) is 2. The van der Waals surface area contributed by atoms with Crippen LogP contribution < -0.4 is 10.2 Å². The molecular weight excluding hydrogens is 766 g/mol. The third kappa shape index (κ3) is 10.6. The quantitative estimate of drug-likeness (QED) is 0.149. The lowest BCUT2D eigenvalue weighted by Gasteiger charge is -2.41. The number of fused-ring (bicyclic) bond motifs is 5. The largest absolute Gasteiger partial charge is 0.457 e. The number of epoxide rings is 1. The van der Waals surface area contributed by atoms with Crippen LogP contribution in [0.1, 0.15) is 78.4 Å². The van der Waals surface area contributed by atoms with Crippen molar-refractivity contribution < 1.29 is 43.2 Å². The number of rotatable bonds is 10. The zero-order valence-corrected chi connectivity index (χ0v) is 36.3. The fourth-order valence-electron chi connectivity index (χ4n) is 7.35. The average molecular weight is 825 g/mol. The summed E-state index contributed by atoms with van der Waals surface area (Å²) in [7, 11) is 8.06. The molecule has 0 aliphatic carbocycles. The Kier molecular flexibility index (Phi) is 14.9. The molecule has 3 heterocycles. The number of esters is 1. The van der Waals surface area contributed by atoms with Gasteiger partial charge in [-0.25, -0.2) is 9.59 Å². The Morgan fingerprint density at radius 2 is 1.95 bits per heavy atom. The Hall–Kier alpha value is -2.75. The maximum Gasteiger partial charge on any atom is 0.409 e. The van der Waals surface area contributed by atoms with Gasteiger partial charge >= 0.3 is 12.1 Å². The summed E-state index contributed by atoms with van der Waals surface area (Å²) in [5.74, 6) is -2.24. The summed E-state index contributed by atoms with van der Waals surface area (Å²) in [6.45, 7) is 13.4. The molecule has 12 nitrogen and oxygen atoms in total. The molecule has 1 aromatic carbocycles. The zero-order valence-electron chi connectivity index (χ0n) is 33.9. The lowest BCUT2D eigenvalue weighted by atomic mass is 9.82. The molecule has 2 fully saturated rings. The number of methoxy groups -OCH3 is 1. The number of ether oxygens (including phenoxy) is 4. The number of carbonyl (C=O) groups is 4. The second-order valence-electron chi connectivity index (χ2n) is 15.8. The maximum atomic E-state index is 14.2. The number of nitrogens with one attached hydrogen (secondary N) is 1. The molecule has 0 saturated carbocycles. The minimum atomic E-state index is -1.60. The van der Waals surface area contributed by atoms with Gasteiger partial charge in [-0.3, -0.25) is 14.9 Å². The first-order valence-electron chi connectivity index (χ1n) is 18.6. The standard InChI is InChI=1S/C40H58ClN3O9S2/c1-23-13-12-14-25(3)40(49)21-30(51-37(48)42-40)26(4)35-39(7,53-35)31(20-33(46)44(9)29-19-28(17-23)18-24(2)34(29)41)52-36(47)27(5)43(8)32(45)15-16-38(6,22-50-10)55-54-11/h12-14,18-19,25-27,30-31,35,49H,15-17,20-22H2,1-11H3,(H,42,48)/b14-12+,23-13+/t25-,26-,27+,30+,31+,35+,38?,39+,40+/m1/s1. The van der Waals surface area contributed by atoms with Gasteiger partial charge in [0, 0.05) is 50.6 Å². The molecule has 9 atom stereocenters. The van der Waals surface area contributed by atoms with Gasteiger partial charge in [0.25, 0.3) is 0 Å². The predicted octanol–water partition coefficient (Wildman–Crippen LogP) is 6.63. The molecule has 2 saturated heterocycles. The first-order chi connectivity index (χ1) is 25.7. The van der Waals surface area contributed by atoms with Crippen molar-refractivity contribution in [1.29, 1.82) is 0 Å². The fourth-order valence-corrected chi connectivity index (χ4v) is 9.94. The number of anilines is 1. The minimum absolute atomic E-state index is 0.0720. The van der Waals surface area contributed by atoms with Gasteiger partial charge in [0.1, 0.15) is 29.6 Å². The van der Waals surface area contributed by atoms with Crippen molar-refractivity contribution in [2.24, 2.45) is 11.8 Å². The molecule has 1 unspecified atom stereocenters. The van der Waals surface area contributed by atoms with Crippen LogP contribution in [0.3, 0.4) is 0 Å². The van der Waals surface area contributed by atoms with Gasteiger partial charge in [-0.1, -0.05) is 76.9 Å². The molecule has 3 amide bonds. The van der Waals surface area contributed by atoms with E-state index in [1.54, 1.807) is 56.6 Å². The second kappa shape index (κ2) is 18.2. The number of likely N-dealkylation sites (N-methyl/N-ethyl adjacent to an activating group) is 1. The zero-order chi connectivity index (χ0) is 41.0. The van der Waals surface area contributed by atoms with Crippen LogP contribution in [0.15, 0.2) is 35.9 Å². The Balaban J connectivity index is 1.67. The fraction of sp³-hybridized carbons (Fsp3) is 0.650. The highest BCUT2D eigenvalue weighted by Crippen LogP contribution is 2.49. The number of halogens is 1. The summed E-state index contributed by atoms with van der Waals surface area (Å²) < 4.78 is 23.3. The van der Waals surface area contributed by atoms with Crippen LogP contribution in [-0.4, -0.2) is 108 Å². The molecule has 3 aliphatic rings. The molecule has 306 valence electrons. The number of amides is 3. The van der Waals surface area contributed by atoms with Gasteiger partial charge in [0.2, 0.25) is 11.8 Å². The molecule has 55 heavy (non-hydrogen) atoms. The van der Waals surface area contributed by atoms with Crippen molar-refractivity contribution in [1.82, 2.24) is 10.2 Å². The van der Waals surface area contributed by atoms with Crippen molar-refractivity contribution >= 4 is 62.8 Å². The molecule has 0 aromatic heterocycles. The van der Waals surface area contributed by atoms with Crippen molar-refractivity contribution in [2.75, 3.05) is 39.0 Å². The van der Waals surface area contributed by atoms with Crippen molar-refractivity contribution in [3.05, 3.63) is 52.1 Å². The number of hydrogen-bond donors (Lipinski definition) is 2. The Morgan fingerprint density at radius 3 is 2.60 bits per heavy atom. The summed E-state index contributed by atoms with van der Waals surface area (Å²) in [4.78, 5) is 57.1. The molecule has 4 rings (SSSR count). The Bertz CT molecular complexity index is 1670. The number of carbonyl (C=O) groups excluding carboxylic acids is 4. The molecule has 0 spiro atoms. The van der Waals surface area contributed by atoms with E-state index < -0.39 is 59.6 Å². The third-order valence-electron chi connectivity index (χ3n) is 11.3. The molecule has 3 aliphatic heterocycles.